The van der Waals surface area contributed by atoms with Gasteiger partial charge in [0.05, 0.1) is 0 Å². The number of rotatable bonds is 0. The van der Waals surface area contributed by atoms with Crippen molar-refractivity contribution >= 4 is 9.17 Å². The molecule has 0 aliphatic rings. The summed E-state index contributed by atoms with van der Waals surface area (Å²) in [6.45, 7) is 0. The molecule has 12 heavy (non-hydrogen) atoms. The molecule has 0 heterocycles. The minimum atomic E-state index is -5.62. The molecule has 0 spiro atoms. The van der Waals surface area contributed by atoms with Crippen LogP contribution in [0.4, 0.5) is 0 Å². The third kappa shape index (κ3) is 158. The quantitative estimate of drug-likeness (QED) is 0.404. The van der Waals surface area contributed by atoms with Crippen LogP contribution in [-0.4, -0.2) is 9.17 Å². The first kappa shape index (κ1) is 29.7. The van der Waals surface area contributed by atoms with Gasteiger partial charge in [-0.3, -0.25) is 0 Å². The Bertz CT molecular complexity index is 207. The predicted octanol–water partition coefficient (Wildman–Crippen LogP) is -13.4. The van der Waals surface area contributed by atoms with Gasteiger partial charge in [0.1, 0.15) is 0 Å². The molecule has 0 atom stereocenters. The van der Waals surface area contributed by atoms with E-state index in [9.17, 15) is 0 Å². The summed E-state index contributed by atoms with van der Waals surface area (Å²) in [6.07, 6.45) is 0. The van der Waals surface area contributed by atoms with Gasteiger partial charge in [-0.1, -0.05) is 0 Å². The predicted molar refractivity (Wildman–Crippen MR) is 8.50 cm³/mol. The van der Waals surface area contributed by atoms with Gasteiger partial charge in [0.2, 0.25) is 0 Å². The van der Waals surface area contributed by atoms with Crippen molar-refractivity contribution in [1.29, 1.82) is 0 Å². The maximum absolute atomic E-state index is 8.58. The van der Waals surface area contributed by atoms with Crippen molar-refractivity contribution < 1.29 is 175 Å². The van der Waals surface area contributed by atoms with Crippen molar-refractivity contribution in [3.05, 3.63) is 0 Å². The average Bonchev–Trinajstić information content (AvgIpc) is 1.19. The van der Waals surface area contributed by atoms with Crippen LogP contribution in [0.1, 0.15) is 0 Å². The van der Waals surface area contributed by atoms with E-state index in [4.69, 9.17) is 29.7 Å². The molecule has 0 radical (unpaired) electrons. The van der Waals surface area contributed by atoms with Crippen LogP contribution in [0.3, 0.4) is 0 Å². The molecule has 0 aromatic heterocycles. The summed E-state index contributed by atoms with van der Waals surface area (Å²) in [5, 5.41) is 0. The van der Waals surface area contributed by atoms with Crippen molar-refractivity contribution in [2.24, 2.45) is 0 Å². The van der Waals surface area contributed by atoms with Gasteiger partial charge in [-0.15, -0.1) is 0 Å². The van der Waals surface area contributed by atoms with E-state index in [1.54, 1.807) is 0 Å². The summed E-state index contributed by atoms with van der Waals surface area (Å²) in [5.74, 6) is 0. The summed E-state index contributed by atoms with van der Waals surface area (Å²) in [6, 6.07) is 0. The van der Waals surface area contributed by atoms with Gasteiger partial charge in [0.25, 0.3) is 0 Å². The first-order valence-corrected chi connectivity index (χ1v) is 4.38. The molecule has 0 N–H and O–H groups in total. The Morgan fingerprint density at radius 3 is 1.00 bits per heavy atom. The van der Waals surface area contributed by atoms with Crippen LogP contribution in [-0.2, 0) is 28.9 Å². The van der Waals surface area contributed by atoms with Crippen molar-refractivity contribution in [3.8, 4) is 0 Å². The van der Waals surface area contributed by atoms with Gasteiger partial charge in [-0.2, -0.15) is 0 Å². The van der Waals surface area contributed by atoms with Gasteiger partial charge in [0, 0.05) is 9.17 Å². The van der Waals surface area contributed by atoms with Gasteiger partial charge >= 0.3 is 161 Å². The van der Waals surface area contributed by atoms with Gasteiger partial charge in [-0.05, 0) is 0 Å². The van der Waals surface area contributed by atoms with Crippen molar-refractivity contribution in [3.63, 3.8) is 0 Å². The molecule has 0 unspecified atom stereocenters. The summed E-state index contributed by atoms with van der Waals surface area (Å²) >= 11 is -5.62. The van der Waals surface area contributed by atoms with E-state index in [0.717, 1.165) is 0 Å². The van der Waals surface area contributed by atoms with Gasteiger partial charge in [0.15, 0.2) is 0 Å². The summed E-state index contributed by atoms with van der Waals surface area (Å²) in [7, 11) is -3.63. The van der Waals surface area contributed by atoms with E-state index in [1.807, 2.05) is 0 Å². The summed E-state index contributed by atoms with van der Waals surface area (Å²) in [4.78, 5) is 17.0. The molecule has 0 aliphatic carbocycles. The molecule has 7 nitrogen and oxygen atoms in total. The third-order valence-corrected chi connectivity index (χ3v) is 0. The van der Waals surface area contributed by atoms with E-state index in [1.165, 1.54) is 0 Å². The molecule has 0 aromatic rings. The fourth-order valence-corrected chi connectivity index (χ4v) is 0. The van der Waals surface area contributed by atoms with Gasteiger partial charge < -0.3 is 14.1 Å². The van der Waals surface area contributed by atoms with Crippen LogP contribution >= 0.6 is 0 Å². The molecule has 0 amide bonds. The van der Waals surface area contributed by atoms with Crippen LogP contribution in [0.5, 0.6) is 0 Å². The van der Waals surface area contributed by atoms with E-state index >= 15 is 0 Å². The van der Waals surface area contributed by atoms with Crippen molar-refractivity contribution in [2.75, 3.05) is 0 Å². The van der Waals surface area contributed by atoms with Crippen LogP contribution in [0.15, 0.2) is 0 Å². The molecule has 0 fully saturated rings. The zero-order valence-electron chi connectivity index (χ0n) is 6.74. The first-order valence-electron chi connectivity index (χ1n) is 1.23. The molecule has 0 rings (SSSR count). The summed E-state index contributed by atoms with van der Waals surface area (Å²) in [5.41, 5.74) is 0. The Kier molecular flexibility index (Phi) is 42.4. The fourth-order valence-electron chi connectivity index (χ4n) is 0. The number of hydrogen-bond acceptors (Lipinski definition) is 7. The molecule has 0 saturated heterocycles. The maximum atomic E-state index is 8.58. The fraction of sp³-hybridized carbons (Fsp3) is 0. The van der Waals surface area contributed by atoms with Crippen molar-refractivity contribution in [2.45, 2.75) is 0 Å². The van der Waals surface area contributed by atoms with E-state index in [2.05, 4.69) is 0 Å². The molecule has 0 aliphatic heterocycles. The van der Waals surface area contributed by atoms with Crippen LogP contribution in [0, 0.1) is 0 Å². The Labute approximate surface area is 179 Å². The van der Waals surface area contributed by atoms with E-state index in [-0.39, 0.29) is 132 Å². The average molecular weight is 296 g/mol. The minimum absolute atomic E-state index is 0. The van der Waals surface area contributed by atoms with Crippen LogP contribution < -0.4 is 146 Å². The van der Waals surface area contributed by atoms with E-state index < -0.39 is 22.1 Å². The Morgan fingerprint density at radius 1 is 1.00 bits per heavy atom. The second kappa shape index (κ2) is 17.2. The topological polar surface area (TPSA) is 137 Å². The molecule has 0 saturated carbocycles. The molecule has 56 valence electrons. The monoisotopic (exact) mass is 296 g/mol. The first-order chi connectivity index (χ1) is 3.73. The SMILES string of the molecule is O=[Si]([O-])[O-].[K+].[K+].[Na+].[O]=[Mn](=[O])(=[O])[O-]. The van der Waals surface area contributed by atoms with Crippen LogP contribution in [0.25, 0.3) is 0 Å². The van der Waals surface area contributed by atoms with Gasteiger partial charge in [-0.25, -0.2) is 0 Å². The molecule has 0 aromatic carbocycles. The normalized spacial score (nSPS) is 6.75. The molecular formula is K2MnNaO7Si. The standard InChI is InChI=1S/2K.Mn.Na.O3Si.4O/c;;;;1-4(2)3;;;;/q2*+1;;+1;-2;;;;-1. The second-order valence-electron chi connectivity index (χ2n) is 0.628. The Morgan fingerprint density at radius 2 is 1.00 bits per heavy atom. The molecule has 12 heteroatoms. The zero-order valence-corrected chi connectivity index (χ0v) is 17.2. The Hall–Kier alpha value is 3.77. The number of hydrogen-bond donors (Lipinski definition) is 0. The van der Waals surface area contributed by atoms with Crippen LogP contribution in [0.2, 0.25) is 0 Å². The second-order valence-corrected chi connectivity index (χ2v) is 2.31. The van der Waals surface area contributed by atoms with Crippen molar-refractivity contribution in [1.82, 2.24) is 0 Å². The zero-order chi connectivity index (χ0) is 8.08. The third-order valence-electron chi connectivity index (χ3n) is 0. The molecular weight excluding hydrogens is 296 g/mol. The Balaban J connectivity index is -0.0000000221. The molecule has 0 bridgehead atoms. The van der Waals surface area contributed by atoms with E-state index in [0.29, 0.717) is 0 Å². The summed E-state index contributed by atoms with van der Waals surface area (Å²) < 4.78 is 42.8.